The number of fused-ring (bicyclic) bond motifs is 1. The minimum absolute atomic E-state index is 0.313. The van der Waals surface area contributed by atoms with E-state index in [-0.39, 0.29) is 0 Å². The molecule has 4 rings (SSSR count). The number of hydrogen-bond acceptors (Lipinski definition) is 4. The highest BCUT2D eigenvalue weighted by atomic mass is 35.5. The third-order valence-corrected chi connectivity index (χ3v) is 4.78. The Balaban J connectivity index is 1.61. The molecule has 1 saturated heterocycles. The molecule has 0 radical (unpaired) electrons. The average molecular weight is 331 g/mol. The van der Waals surface area contributed by atoms with E-state index < -0.39 is 0 Å². The predicted octanol–water partition coefficient (Wildman–Crippen LogP) is 3.94. The molecule has 1 fully saturated rings. The molecule has 0 unspecified atom stereocenters. The van der Waals surface area contributed by atoms with Crippen molar-refractivity contribution in [2.45, 2.75) is 32.0 Å². The molecule has 4 nitrogen and oxygen atoms in total. The Hall–Kier alpha value is -1.62. The van der Waals surface area contributed by atoms with Crippen molar-refractivity contribution in [1.82, 2.24) is 9.88 Å². The van der Waals surface area contributed by atoms with Gasteiger partial charge in [0.1, 0.15) is 5.75 Å². The van der Waals surface area contributed by atoms with Crippen molar-refractivity contribution in [3.63, 3.8) is 0 Å². The van der Waals surface area contributed by atoms with Crippen LogP contribution in [0, 0.1) is 0 Å². The molecule has 120 valence electrons. The smallest absolute Gasteiger partial charge is 0.189 e. The third-order valence-electron chi connectivity index (χ3n) is 4.56. The first kappa shape index (κ1) is 14.9. The van der Waals surface area contributed by atoms with E-state index >= 15 is 0 Å². The number of rotatable bonds is 3. The first-order valence-corrected chi connectivity index (χ1v) is 8.35. The fourth-order valence-corrected chi connectivity index (χ4v) is 3.82. The highest BCUT2D eigenvalue weighted by Gasteiger charge is 2.28. The lowest BCUT2D eigenvalue weighted by Crippen LogP contribution is -2.24. The normalized spacial score (nSPS) is 21.0. The van der Waals surface area contributed by atoms with Gasteiger partial charge in [0.05, 0.1) is 6.61 Å². The summed E-state index contributed by atoms with van der Waals surface area (Å²) in [6.45, 7) is 2.79. The van der Waals surface area contributed by atoms with E-state index in [2.05, 4.69) is 16.0 Å². The fraction of sp³-hybridized carbons (Fsp3) is 0.389. The Morgan fingerprint density at radius 2 is 2.30 bits per heavy atom. The summed E-state index contributed by atoms with van der Waals surface area (Å²) in [6.07, 6.45) is 6.16. The Labute approximate surface area is 141 Å². The Bertz CT molecular complexity index is 693. The Morgan fingerprint density at radius 3 is 3.17 bits per heavy atom. The van der Waals surface area contributed by atoms with Crippen molar-refractivity contribution in [2.75, 3.05) is 13.3 Å². The van der Waals surface area contributed by atoms with Crippen LogP contribution in [0.25, 0.3) is 0 Å². The van der Waals surface area contributed by atoms with Crippen LogP contribution in [0.1, 0.15) is 35.6 Å². The molecule has 0 bridgehead atoms. The number of ether oxygens (including phenoxy) is 2. The Morgan fingerprint density at radius 1 is 1.35 bits per heavy atom. The van der Waals surface area contributed by atoms with Gasteiger partial charge in [-0.05, 0) is 43.1 Å². The van der Waals surface area contributed by atoms with Crippen molar-refractivity contribution in [2.24, 2.45) is 0 Å². The maximum atomic E-state index is 6.28. The van der Waals surface area contributed by atoms with Gasteiger partial charge in [0.15, 0.2) is 6.79 Å². The van der Waals surface area contributed by atoms with Gasteiger partial charge in [-0.1, -0.05) is 17.7 Å². The second kappa shape index (κ2) is 6.48. The molecule has 1 atom stereocenters. The fourth-order valence-electron chi connectivity index (χ4n) is 3.56. The maximum absolute atomic E-state index is 6.28. The molecule has 0 amide bonds. The van der Waals surface area contributed by atoms with E-state index in [1.54, 1.807) is 0 Å². The number of nitrogens with zero attached hydrogens (tertiary/aromatic N) is 2. The van der Waals surface area contributed by atoms with Crippen LogP contribution in [0.5, 0.6) is 5.75 Å². The van der Waals surface area contributed by atoms with Gasteiger partial charge in [0, 0.05) is 41.1 Å². The monoisotopic (exact) mass is 330 g/mol. The zero-order valence-electron chi connectivity index (χ0n) is 12.9. The number of halogens is 1. The van der Waals surface area contributed by atoms with Gasteiger partial charge < -0.3 is 9.47 Å². The molecule has 1 aromatic carbocycles. The van der Waals surface area contributed by atoms with Gasteiger partial charge in [-0.25, -0.2) is 0 Å². The summed E-state index contributed by atoms with van der Waals surface area (Å²) >= 11 is 6.28. The lowest BCUT2D eigenvalue weighted by atomic mass is 10.0. The summed E-state index contributed by atoms with van der Waals surface area (Å²) in [5, 5.41) is 0.741. The minimum Gasteiger partial charge on any atom is -0.467 e. The maximum Gasteiger partial charge on any atom is 0.189 e. The van der Waals surface area contributed by atoms with E-state index in [4.69, 9.17) is 21.1 Å². The van der Waals surface area contributed by atoms with Gasteiger partial charge in [-0.15, -0.1) is 0 Å². The van der Waals surface area contributed by atoms with Crippen LogP contribution in [0.2, 0.25) is 5.02 Å². The molecule has 0 N–H and O–H groups in total. The second-order valence-electron chi connectivity index (χ2n) is 6.08. The molecule has 2 aliphatic heterocycles. The summed E-state index contributed by atoms with van der Waals surface area (Å²) in [6, 6.07) is 8.53. The zero-order chi connectivity index (χ0) is 15.6. The quantitative estimate of drug-likeness (QED) is 0.853. The molecule has 5 heteroatoms. The largest absolute Gasteiger partial charge is 0.467 e. The molecule has 0 aliphatic carbocycles. The van der Waals surface area contributed by atoms with Gasteiger partial charge in [0.2, 0.25) is 0 Å². The van der Waals surface area contributed by atoms with E-state index in [1.807, 2.05) is 30.6 Å². The van der Waals surface area contributed by atoms with E-state index in [1.165, 1.54) is 18.4 Å². The molecule has 2 aliphatic rings. The number of hydrogen-bond donors (Lipinski definition) is 0. The number of aromatic nitrogens is 1. The van der Waals surface area contributed by atoms with Crippen LogP contribution in [0.3, 0.4) is 0 Å². The van der Waals surface area contributed by atoms with E-state index in [0.29, 0.717) is 19.4 Å². The van der Waals surface area contributed by atoms with Crippen molar-refractivity contribution in [3.05, 3.63) is 58.4 Å². The summed E-state index contributed by atoms with van der Waals surface area (Å²) in [5.41, 5.74) is 3.47. The minimum atomic E-state index is 0.313. The lowest BCUT2D eigenvalue weighted by molar-refractivity contribution is -0.0175. The molecular formula is C18H19ClN2O2. The highest BCUT2D eigenvalue weighted by Crippen LogP contribution is 2.37. The van der Waals surface area contributed by atoms with Crippen LogP contribution in [0.15, 0.2) is 36.7 Å². The molecule has 23 heavy (non-hydrogen) atoms. The molecule has 3 heterocycles. The molecule has 2 aromatic rings. The summed E-state index contributed by atoms with van der Waals surface area (Å²) in [7, 11) is 0. The molecular weight excluding hydrogens is 312 g/mol. The first-order chi connectivity index (χ1) is 11.3. The van der Waals surface area contributed by atoms with Crippen molar-refractivity contribution in [3.8, 4) is 5.75 Å². The molecule has 0 saturated carbocycles. The van der Waals surface area contributed by atoms with Crippen molar-refractivity contribution < 1.29 is 9.47 Å². The first-order valence-electron chi connectivity index (χ1n) is 7.97. The van der Waals surface area contributed by atoms with Gasteiger partial charge in [-0.2, -0.15) is 0 Å². The molecule has 0 spiro atoms. The van der Waals surface area contributed by atoms with Crippen LogP contribution in [0.4, 0.5) is 0 Å². The summed E-state index contributed by atoms with van der Waals surface area (Å²) < 4.78 is 11.1. The predicted molar refractivity (Wildman–Crippen MR) is 88.4 cm³/mol. The van der Waals surface area contributed by atoms with Crippen molar-refractivity contribution in [1.29, 1.82) is 0 Å². The zero-order valence-corrected chi connectivity index (χ0v) is 13.6. The summed E-state index contributed by atoms with van der Waals surface area (Å²) in [5.74, 6) is 0.942. The van der Waals surface area contributed by atoms with Gasteiger partial charge in [-0.3, -0.25) is 9.88 Å². The SMILES string of the molecule is Clc1cc2c(c(CN3CCC[C@H]3c3cccnc3)c1)OCOC2. The van der Waals surface area contributed by atoms with E-state index in [9.17, 15) is 0 Å². The van der Waals surface area contributed by atoms with Crippen LogP contribution < -0.4 is 4.74 Å². The topological polar surface area (TPSA) is 34.6 Å². The second-order valence-corrected chi connectivity index (χ2v) is 6.52. The van der Waals surface area contributed by atoms with E-state index in [0.717, 1.165) is 35.0 Å². The standard InChI is InChI=1S/C18H19ClN2O2/c19-16-7-14(18-15(8-16)11-22-12-23-18)10-21-6-2-4-17(21)13-3-1-5-20-9-13/h1,3,5,7-9,17H,2,4,6,10-12H2/t17-/m0/s1. The van der Waals surface area contributed by atoms with Crippen LogP contribution >= 0.6 is 11.6 Å². The number of pyridine rings is 1. The third kappa shape index (κ3) is 3.07. The molecule has 1 aromatic heterocycles. The number of benzene rings is 1. The van der Waals surface area contributed by atoms with Crippen LogP contribution in [-0.2, 0) is 17.9 Å². The highest BCUT2D eigenvalue weighted by molar-refractivity contribution is 6.30. The van der Waals surface area contributed by atoms with Gasteiger partial charge in [0.25, 0.3) is 0 Å². The average Bonchev–Trinajstić information content (AvgIpc) is 3.04. The lowest BCUT2D eigenvalue weighted by Gasteiger charge is -2.27. The van der Waals surface area contributed by atoms with Gasteiger partial charge >= 0.3 is 0 Å². The summed E-state index contributed by atoms with van der Waals surface area (Å²) in [4.78, 5) is 6.75. The number of likely N-dealkylation sites (tertiary alicyclic amines) is 1. The van der Waals surface area contributed by atoms with Crippen LogP contribution in [-0.4, -0.2) is 23.2 Å². The Kier molecular flexibility index (Phi) is 4.21. The van der Waals surface area contributed by atoms with Crippen molar-refractivity contribution >= 4 is 11.6 Å².